The number of aryl methyl sites for hydroxylation is 2. The summed E-state index contributed by atoms with van der Waals surface area (Å²) in [6.45, 7) is 3.86. The van der Waals surface area contributed by atoms with Crippen molar-refractivity contribution in [3.05, 3.63) is 75.6 Å². The SMILES string of the molecule is Cc1ccc(C(=O)Nc2ccc3[nH]c(=O)cc(C)c3c2)cc1. The highest BCUT2D eigenvalue weighted by molar-refractivity contribution is 6.05. The molecule has 0 aliphatic heterocycles. The van der Waals surface area contributed by atoms with Crippen molar-refractivity contribution in [2.75, 3.05) is 5.32 Å². The number of carbonyl (C=O) groups excluding carboxylic acids is 1. The van der Waals surface area contributed by atoms with Crippen molar-refractivity contribution < 1.29 is 4.79 Å². The molecule has 4 nitrogen and oxygen atoms in total. The van der Waals surface area contributed by atoms with Gasteiger partial charge in [-0.15, -0.1) is 0 Å². The number of aromatic nitrogens is 1. The van der Waals surface area contributed by atoms with Crippen LogP contribution < -0.4 is 10.9 Å². The summed E-state index contributed by atoms with van der Waals surface area (Å²) in [5, 5.41) is 3.80. The van der Waals surface area contributed by atoms with Gasteiger partial charge in [-0.25, -0.2) is 0 Å². The number of hydrogen-bond donors (Lipinski definition) is 2. The van der Waals surface area contributed by atoms with Crippen LogP contribution in [0.1, 0.15) is 21.5 Å². The number of pyridine rings is 1. The Morgan fingerprint density at radius 3 is 2.45 bits per heavy atom. The van der Waals surface area contributed by atoms with Gasteiger partial charge in [0.2, 0.25) is 5.56 Å². The van der Waals surface area contributed by atoms with Gasteiger partial charge < -0.3 is 10.3 Å². The van der Waals surface area contributed by atoms with Gasteiger partial charge in [-0.05, 0) is 49.7 Å². The first kappa shape index (κ1) is 14.1. The van der Waals surface area contributed by atoms with E-state index in [0.717, 1.165) is 22.0 Å². The summed E-state index contributed by atoms with van der Waals surface area (Å²) >= 11 is 0. The van der Waals surface area contributed by atoms with Gasteiger partial charge >= 0.3 is 0 Å². The number of amides is 1. The zero-order valence-electron chi connectivity index (χ0n) is 12.4. The fourth-order valence-electron chi connectivity index (χ4n) is 2.41. The zero-order valence-corrected chi connectivity index (χ0v) is 12.4. The number of aromatic amines is 1. The van der Waals surface area contributed by atoms with Crippen LogP contribution in [-0.4, -0.2) is 10.9 Å². The van der Waals surface area contributed by atoms with E-state index in [-0.39, 0.29) is 11.5 Å². The lowest BCUT2D eigenvalue weighted by atomic mass is 10.1. The third-order valence-electron chi connectivity index (χ3n) is 3.62. The molecular weight excluding hydrogens is 276 g/mol. The molecule has 2 aromatic carbocycles. The van der Waals surface area contributed by atoms with E-state index in [0.29, 0.717) is 11.3 Å². The highest BCUT2D eigenvalue weighted by atomic mass is 16.1. The van der Waals surface area contributed by atoms with Gasteiger partial charge in [0, 0.05) is 28.2 Å². The van der Waals surface area contributed by atoms with Gasteiger partial charge in [-0.3, -0.25) is 9.59 Å². The molecule has 0 atom stereocenters. The Kier molecular flexibility index (Phi) is 3.51. The van der Waals surface area contributed by atoms with Crippen LogP contribution in [0.4, 0.5) is 5.69 Å². The highest BCUT2D eigenvalue weighted by Gasteiger charge is 2.07. The van der Waals surface area contributed by atoms with Crippen molar-refractivity contribution in [3.63, 3.8) is 0 Å². The van der Waals surface area contributed by atoms with Crippen molar-refractivity contribution in [1.29, 1.82) is 0 Å². The lowest BCUT2D eigenvalue weighted by molar-refractivity contribution is 0.102. The molecule has 22 heavy (non-hydrogen) atoms. The van der Waals surface area contributed by atoms with Crippen LogP contribution in [0.3, 0.4) is 0 Å². The van der Waals surface area contributed by atoms with Crippen molar-refractivity contribution in [2.45, 2.75) is 13.8 Å². The maximum atomic E-state index is 12.2. The molecular formula is C18H16N2O2. The van der Waals surface area contributed by atoms with Crippen LogP contribution in [0.25, 0.3) is 10.9 Å². The fourth-order valence-corrected chi connectivity index (χ4v) is 2.41. The average molecular weight is 292 g/mol. The minimum atomic E-state index is -0.151. The number of benzene rings is 2. The number of fused-ring (bicyclic) bond motifs is 1. The second kappa shape index (κ2) is 5.48. The minimum Gasteiger partial charge on any atom is -0.322 e. The minimum absolute atomic E-state index is 0.124. The third-order valence-corrected chi connectivity index (χ3v) is 3.62. The van der Waals surface area contributed by atoms with Crippen LogP contribution in [0.15, 0.2) is 53.3 Å². The quantitative estimate of drug-likeness (QED) is 0.760. The number of anilines is 1. The molecule has 1 amide bonds. The normalized spacial score (nSPS) is 10.6. The Hall–Kier alpha value is -2.88. The molecule has 0 aliphatic carbocycles. The zero-order chi connectivity index (χ0) is 15.7. The molecule has 110 valence electrons. The molecule has 1 heterocycles. The van der Waals surface area contributed by atoms with Crippen molar-refractivity contribution >= 4 is 22.5 Å². The van der Waals surface area contributed by atoms with Crippen molar-refractivity contribution in [3.8, 4) is 0 Å². The topological polar surface area (TPSA) is 62.0 Å². The molecule has 0 fully saturated rings. The van der Waals surface area contributed by atoms with Gasteiger partial charge in [-0.2, -0.15) is 0 Å². The molecule has 3 rings (SSSR count). The maximum absolute atomic E-state index is 12.2. The van der Waals surface area contributed by atoms with E-state index in [1.807, 2.05) is 32.0 Å². The number of hydrogen-bond acceptors (Lipinski definition) is 2. The third kappa shape index (κ3) is 2.76. The average Bonchev–Trinajstić information content (AvgIpc) is 2.48. The molecule has 0 saturated heterocycles. The summed E-state index contributed by atoms with van der Waals surface area (Å²) in [4.78, 5) is 26.5. The molecule has 0 bridgehead atoms. The largest absolute Gasteiger partial charge is 0.322 e. The van der Waals surface area contributed by atoms with Gasteiger partial charge in [-0.1, -0.05) is 17.7 Å². The first-order valence-electron chi connectivity index (χ1n) is 7.04. The van der Waals surface area contributed by atoms with E-state index in [9.17, 15) is 9.59 Å². The smallest absolute Gasteiger partial charge is 0.255 e. The Labute approximate surface area is 127 Å². The van der Waals surface area contributed by atoms with E-state index < -0.39 is 0 Å². The molecule has 4 heteroatoms. The molecule has 0 spiro atoms. The summed E-state index contributed by atoms with van der Waals surface area (Å²) in [5.41, 5.74) is 3.95. The first-order valence-corrected chi connectivity index (χ1v) is 7.04. The summed E-state index contributed by atoms with van der Waals surface area (Å²) in [7, 11) is 0. The molecule has 0 saturated carbocycles. The monoisotopic (exact) mass is 292 g/mol. The van der Waals surface area contributed by atoms with Crippen LogP contribution in [0, 0.1) is 13.8 Å². The summed E-state index contributed by atoms with van der Waals surface area (Å²) < 4.78 is 0. The van der Waals surface area contributed by atoms with Crippen molar-refractivity contribution in [1.82, 2.24) is 4.98 Å². The Morgan fingerprint density at radius 2 is 1.73 bits per heavy atom. The van der Waals surface area contributed by atoms with Crippen molar-refractivity contribution in [2.24, 2.45) is 0 Å². The first-order chi connectivity index (χ1) is 10.5. The highest BCUT2D eigenvalue weighted by Crippen LogP contribution is 2.20. The number of rotatable bonds is 2. The standard InChI is InChI=1S/C18H16N2O2/c1-11-3-5-13(6-4-11)18(22)19-14-7-8-16-15(10-14)12(2)9-17(21)20-16/h3-10H,1-2H3,(H,19,22)(H,20,21). The van der Waals surface area contributed by atoms with E-state index in [1.165, 1.54) is 0 Å². The van der Waals surface area contributed by atoms with E-state index in [2.05, 4.69) is 10.3 Å². The molecule has 0 aliphatic rings. The van der Waals surface area contributed by atoms with Crippen LogP contribution in [-0.2, 0) is 0 Å². The van der Waals surface area contributed by atoms with E-state index >= 15 is 0 Å². The second-order valence-corrected chi connectivity index (χ2v) is 5.40. The summed E-state index contributed by atoms with van der Waals surface area (Å²) in [5.74, 6) is -0.151. The predicted octanol–water partition coefficient (Wildman–Crippen LogP) is 3.40. The van der Waals surface area contributed by atoms with Crippen LogP contribution >= 0.6 is 0 Å². The van der Waals surface area contributed by atoms with Gasteiger partial charge in [0.1, 0.15) is 0 Å². The number of nitrogens with one attached hydrogen (secondary N) is 2. The molecule has 1 aromatic heterocycles. The number of carbonyl (C=O) groups is 1. The molecule has 2 N–H and O–H groups in total. The van der Waals surface area contributed by atoms with Crippen LogP contribution in [0.2, 0.25) is 0 Å². The van der Waals surface area contributed by atoms with Gasteiger partial charge in [0.15, 0.2) is 0 Å². The van der Waals surface area contributed by atoms with E-state index in [4.69, 9.17) is 0 Å². The van der Waals surface area contributed by atoms with Gasteiger partial charge in [0.25, 0.3) is 5.91 Å². The molecule has 0 radical (unpaired) electrons. The number of H-pyrrole nitrogens is 1. The lowest BCUT2D eigenvalue weighted by Crippen LogP contribution is -2.12. The Bertz CT molecular complexity index is 909. The van der Waals surface area contributed by atoms with Gasteiger partial charge in [0.05, 0.1) is 0 Å². The summed E-state index contributed by atoms with van der Waals surface area (Å²) in [6, 6.07) is 14.4. The van der Waals surface area contributed by atoms with E-state index in [1.54, 1.807) is 30.3 Å². The maximum Gasteiger partial charge on any atom is 0.255 e. The summed E-state index contributed by atoms with van der Waals surface area (Å²) in [6.07, 6.45) is 0. The fraction of sp³-hybridized carbons (Fsp3) is 0.111. The molecule has 0 unspecified atom stereocenters. The Morgan fingerprint density at radius 1 is 1.00 bits per heavy atom. The lowest BCUT2D eigenvalue weighted by Gasteiger charge is -2.08. The second-order valence-electron chi connectivity index (χ2n) is 5.40. The Balaban J connectivity index is 1.92. The van der Waals surface area contributed by atoms with Crippen LogP contribution in [0.5, 0.6) is 0 Å². The molecule has 3 aromatic rings. The predicted molar refractivity (Wildman–Crippen MR) is 88.4 cm³/mol.